The lowest BCUT2D eigenvalue weighted by molar-refractivity contribution is 0.557. The third-order valence-corrected chi connectivity index (χ3v) is 3.25. The number of benzene rings is 1. The molecule has 0 aliphatic heterocycles. The Morgan fingerprint density at radius 2 is 2.06 bits per heavy atom. The normalized spacial score (nSPS) is 11.1. The number of furan rings is 1. The molecule has 2 aromatic rings. The predicted molar refractivity (Wildman–Crippen MR) is 81.7 cm³/mol. The van der Waals surface area contributed by atoms with Crippen LogP contribution in [0.2, 0.25) is 0 Å². The van der Waals surface area contributed by atoms with Crippen LogP contribution >= 0.6 is 28.6 Å². The smallest absolute Gasteiger partial charge is 0.210 e. The van der Waals surface area contributed by atoms with Gasteiger partial charge in [0.1, 0.15) is 5.76 Å². The SMILES string of the molecule is CN(C)c1oc(C=Nc2ccccc2S)cc1Br. The van der Waals surface area contributed by atoms with Crippen molar-refractivity contribution in [3.05, 3.63) is 40.6 Å². The van der Waals surface area contributed by atoms with E-state index >= 15 is 0 Å². The standard InChI is InChI=1S/C13H13BrN2OS/c1-16(2)13-10(14)7-9(17-13)8-15-11-5-3-4-6-12(11)18/h3-8,18H,1-2H3. The summed E-state index contributed by atoms with van der Waals surface area (Å²) < 4.78 is 6.55. The van der Waals surface area contributed by atoms with E-state index in [4.69, 9.17) is 4.42 Å². The van der Waals surface area contributed by atoms with Gasteiger partial charge in [-0.15, -0.1) is 12.6 Å². The molecular weight excluding hydrogens is 312 g/mol. The number of aliphatic imine (C=N–C) groups is 1. The maximum absolute atomic E-state index is 5.64. The fourth-order valence-corrected chi connectivity index (χ4v) is 2.33. The van der Waals surface area contributed by atoms with Crippen LogP contribution in [0.1, 0.15) is 5.76 Å². The summed E-state index contributed by atoms with van der Waals surface area (Å²) in [6.07, 6.45) is 1.69. The number of hydrogen-bond acceptors (Lipinski definition) is 4. The van der Waals surface area contributed by atoms with E-state index in [1.807, 2.05) is 49.3 Å². The largest absolute Gasteiger partial charge is 0.438 e. The zero-order valence-electron chi connectivity index (χ0n) is 10.1. The Kier molecular flexibility index (Phi) is 4.14. The number of para-hydroxylation sites is 1. The van der Waals surface area contributed by atoms with Gasteiger partial charge in [0.2, 0.25) is 5.88 Å². The lowest BCUT2D eigenvalue weighted by Gasteiger charge is -2.07. The fraction of sp³-hybridized carbons (Fsp3) is 0.154. The summed E-state index contributed by atoms with van der Waals surface area (Å²) in [6, 6.07) is 9.55. The number of hydrogen-bond donors (Lipinski definition) is 1. The van der Waals surface area contributed by atoms with Crippen molar-refractivity contribution in [1.82, 2.24) is 0 Å². The van der Waals surface area contributed by atoms with Crippen molar-refractivity contribution in [1.29, 1.82) is 0 Å². The first kappa shape index (κ1) is 13.2. The van der Waals surface area contributed by atoms with Crippen LogP contribution in [-0.4, -0.2) is 20.3 Å². The molecule has 1 aromatic carbocycles. The van der Waals surface area contributed by atoms with Crippen molar-refractivity contribution in [2.24, 2.45) is 4.99 Å². The summed E-state index contributed by atoms with van der Waals surface area (Å²) in [6.45, 7) is 0. The van der Waals surface area contributed by atoms with Gasteiger partial charge >= 0.3 is 0 Å². The van der Waals surface area contributed by atoms with Crippen LogP contribution in [0.3, 0.4) is 0 Å². The Hall–Kier alpha value is -1.20. The highest BCUT2D eigenvalue weighted by molar-refractivity contribution is 9.10. The molecule has 0 fully saturated rings. The zero-order valence-corrected chi connectivity index (χ0v) is 12.6. The summed E-state index contributed by atoms with van der Waals surface area (Å²) in [5, 5.41) is 0. The van der Waals surface area contributed by atoms with Crippen LogP contribution in [0.25, 0.3) is 0 Å². The molecule has 0 radical (unpaired) electrons. The molecule has 0 bridgehead atoms. The topological polar surface area (TPSA) is 28.7 Å². The first-order valence-electron chi connectivity index (χ1n) is 5.36. The van der Waals surface area contributed by atoms with Gasteiger partial charge in [0, 0.05) is 25.1 Å². The van der Waals surface area contributed by atoms with Crippen molar-refractivity contribution < 1.29 is 4.42 Å². The van der Waals surface area contributed by atoms with Gasteiger partial charge in [0.15, 0.2) is 0 Å². The molecular formula is C13H13BrN2OS. The van der Waals surface area contributed by atoms with Crippen LogP contribution < -0.4 is 4.90 Å². The molecule has 0 spiro atoms. The highest BCUT2D eigenvalue weighted by Gasteiger charge is 2.09. The highest BCUT2D eigenvalue weighted by Crippen LogP contribution is 2.28. The van der Waals surface area contributed by atoms with Crippen LogP contribution in [-0.2, 0) is 0 Å². The van der Waals surface area contributed by atoms with E-state index < -0.39 is 0 Å². The molecule has 0 unspecified atom stereocenters. The van der Waals surface area contributed by atoms with E-state index in [1.54, 1.807) is 6.21 Å². The number of rotatable bonds is 3. The van der Waals surface area contributed by atoms with Crippen molar-refractivity contribution in [2.75, 3.05) is 19.0 Å². The summed E-state index contributed by atoms with van der Waals surface area (Å²) in [5.41, 5.74) is 0.819. The van der Waals surface area contributed by atoms with Gasteiger partial charge in [-0.1, -0.05) is 12.1 Å². The lowest BCUT2D eigenvalue weighted by Crippen LogP contribution is -2.07. The van der Waals surface area contributed by atoms with Crippen LogP contribution in [0.5, 0.6) is 0 Å². The average Bonchev–Trinajstić information content (AvgIpc) is 2.70. The molecule has 0 N–H and O–H groups in total. The van der Waals surface area contributed by atoms with E-state index in [9.17, 15) is 0 Å². The predicted octanol–water partition coefficient (Wildman–Crippen LogP) is 4.15. The summed E-state index contributed by atoms with van der Waals surface area (Å²) in [7, 11) is 3.85. The molecule has 0 amide bonds. The van der Waals surface area contributed by atoms with Crippen LogP contribution in [0.4, 0.5) is 11.6 Å². The Morgan fingerprint density at radius 1 is 1.33 bits per heavy atom. The molecule has 1 heterocycles. The molecule has 94 valence electrons. The Labute approximate surface area is 120 Å². The monoisotopic (exact) mass is 324 g/mol. The molecule has 0 saturated carbocycles. The minimum atomic E-state index is 0.696. The minimum Gasteiger partial charge on any atom is -0.438 e. The summed E-state index contributed by atoms with van der Waals surface area (Å²) >= 11 is 7.79. The van der Waals surface area contributed by atoms with E-state index in [2.05, 4.69) is 33.6 Å². The number of nitrogens with zero attached hydrogens (tertiary/aromatic N) is 2. The van der Waals surface area contributed by atoms with E-state index in [1.165, 1.54) is 0 Å². The molecule has 3 nitrogen and oxygen atoms in total. The molecule has 5 heteroatoms. The Balaban J connectivity index is 2.24. The summed E-state index contributed by atoms with van der Waals surface area (Å²) in [5.74, 6) is 1.47. The Bertz CT molecular complexity index is 578. The van der Waals surface area contributed by atoms with Crippen molar-refractivity contribution >= 4 is 46.3 Å². The third-order valence-electron chi connectivity index (χ3n) is 2.31. The van der Waals surface area contributed by atoms with Crippen LogP contribution in [0.15, 0.2) is 49.1 Å². The molecule has 0 aliphatic rings. The molecule has 0 saturated heterocycles. The zero-order chi connectivity index (χ0) is 13.1. The highest BCUT2D eigenvalue weighted by atomic mass is 79.9. The maximum atomic E-state index is 5.64. The second-order valence-corrected chi connectivity index (χ2v) is 5.28. The minimum absolute atomic E-state index is 0.696. The molecule has 1 aromatic heterocycles. The van der Waals surface area contributed by atoms with Gasteiger partial charge in [-0.05, 0) is 28.1 Å². The second-order valence-electron chi connectivity index (χ2n) is 3.94. The van der Waals surface area contributed by atoms with Gasteiger partial charge in [0.25, 0.3) is 0 Å². The molecule has 2 rings (SSSR count). The molecule has 0 aliphatic carbocycles. The quantitative estimate of drug-likeness (QED) is 0.678. The van der Waals surface area contributed by atoms with E-state index in [0.717, 1.165) is 20.9 Å². The lowest BCUT2D eigenvalue weighted by atomic mass is 10.3. The number of anilines is 1. The first-order valence-corrected chi connectivity index (χ1v) is 6.60. The van der Waals surface area contributed by atoms with Crippen molar-refractivity contribution in [3.8, 4) is 0 Å². The van der Waals surface area contributed by atoms with Gasteiger partial charge in [-0.3, -0.25) is 4.99 Å². The fourth-order valence-electron chi connectivity index (χ4n) is 1.45. The number of halogens is 1. The van der Waals surface area contributed by atoms with Gasteiger partial charge in [-0.25, -0.2) is 0 Å². The van der Waals surface area contributed by atoms with Crippen molar-refractivity contribution in [2.45, 2.75) is 4.90 Å². The average molecular weight is 325 g/mol. The van der Waals surface area contributed by atoms with E-state index in [-0.39, 0.29) is 0 Å². The van der Waals surface area contributed by atoms with Gasteiger partial charge in [0.05, 0.1) is 16.4 Å². The number of thiol groups is 1. The van der Waals surface area contributed by atoms with Crippen LogP contribution in [0, 0.1) is 0 Å². The second kappa shape index (κ2) is 5.63. The van der Waals surface area contributed by atoms with Gasteiger partial charge < -0.3 is 9.32 Å². The molecule has 0 atom stereocenters. The Morgan fingerprint density at radius 3 is 2.67 bits per heavy atom. The first-order chi connectivity index (χ1) is 8.58. The maximum Gasteiger partial charge on any atom is 0.210 e. The third kappa shape index (κ3) is 2.97. The van der Waals surface area contributed by atoms with Crippen molar-refractivity contribution in [3.63, 3.8) is 0 Å². The summed E-state index contributed by atoms with van der Waals surface area (Å²) in [4.78, 5) is 7.09. The van der Waals surface area contributed by atoms with Gasteiger partial charge in [-0.2, -0.15) is 0 Å². The van der Waals surface area contributed by atoms with E-state index in [0.29, 0.717) is 5.76 Å². The molecule has 18 heavy (non-hydrogen) atoms.